The number of para-hydroxylation sites is 1. The number of hydrogen-bond acceptors (Lipinski definition) is 4. The lowest BCUT2D eigenvalue weighted by Gasteiger charge is -2.09. The summed E-state index contributed by atoms with van der Waals surface area (Å²) in [6.45, 7) is 0. The first-order valence-corrected chi connectivity index (χ1v) is 9.40. The second-order valence-electron chi connectivity index (χ2n) is 5.82. The predicted molar refractivity (Wildman–Crippen MR) is 99.8 cm³/mol. The van der Waals surface area contributed by atoms with Crippen molar-refractivity contribution in [1.82, 2.24) is 3.97 Å². The van der Waals surface area contributed by atoms with Crippen molar-refractivity contribution in [2.45, 2.75) is 4.90 Å². The van der Waals surface area contributed by atoms with E-state index in [0.29, 0.717) is 16.6 Å². The van der Waals surface area contributed by atoms with E-state index in [4.69, 9.17) is 4.74 Å². The standard InChI is InChI=1S/C20H15NO4S/c1-25-20(22)14-11-12-17-16-9-5-6-10-18(16)21(19(17)13-14)26(23,24)15-7-3-2-4-8-15/h2-13H,1H3. The summed E-state index contributed by atoms with van der Waals surface area (Å²) >= 11 is 0. The average molecular weight is 365 g/mol. The van der Waals surface area contributed by atoms with Gasteiger partial charge in [-0.2, -0.15) is 0 Å². The molecule has 1 heterocycles. The van der Waals surface area contributed by atoms with Crippen molar-refractivity contribution < 1.29 is 17.9 Å². The summed E-state index contributed by atoms with van der Waals surface area (Å²) in [6, 6.07) is 20.5. The van der Waals surface area contributed by atoms with E-state index in [0.717, 1.165) is 10.8 Å². The van der Waals surface area contributed by atoms with Gasteiger partial charge in [0.1, 0.15) is 0 Å². The maximum absolute atomic E-state index is 13.3. The van der Waals surface area contributed by atoms with Gasteiger partial charge in [0.2, 0.25) is 0 Å². The third kappa shape index (κ3) is 2.38. The highest BCUT2D eigenvalue weighted by atomic mass is 32.2. The Morgan fingerprint density at radius 1 is 0.846 bits per heavy atom. The molecule has 26 heavy (non-hydrogen) atoms. The van der Waals surface area contributed by atoms with E-state index in [-0.39, 0.29) is 4.90 Å². The van der Waals surface area contributed by atoms with E-state index in [1.807, 2.05) is 12.1 Å². The Morgan fingerprint density at radius 2 is 1.50 bits per heavy atom. The Kier molecular flexibility index (Phi) is 3.77. The third-order valence-electron chi connectivity index (χ3n) is 4.33. The van der Waals surface area contributed by atoms with Crippen molar-refractivity contribution in [3.63, 3.8) is 0 Å². The Labute approximate surface area is 150 Å². The highest BCUT2D eigenvalue weighted by molar-refractivity contribution is 7.90. The van der Waals surface area contributed by atoms with Crippen molar-refractivity contribution >= 4 is 37.8 Å². The molecule has 4 rings (SSSR count). The van der Waals surface area contributed by atoms with E-state index in [9.17, 15) is 13.2 Å². The Morgan fingerprint density at radius 3 is 2.23 bits per heavy atom. The molecular formula is C20H15NO4S. The highest BCUT2D eigenvalue weighted by Crippen LogP contribution is 2.33. The molecule has 5 nitrogen and oxygen atoms in total. The predicted octanol–water partition coefficient (Wildman–Crippen LogP) is 3.82. The average Bonchev–Trinajstić information content (AvgIpc) is 3.02. The van der Waals surface area contributed by atoms with Gasteiger partial charge in [0.15, 0.2) is 0 Å². The zero-order valence-corrected chi connectivity index (χ0v) is 14.7. The second-order valence-corrected chi connectivity index (χ2v) is 7.61. The molecule has 0 radical (unpaired) electrons. The van der Waals surface area contributed by atoms with E-state index in [1.54, 1.807) is 60.7 Å². The van der Waals surface area contributed by atoms with Gasteiger partial charge >= 0.3 is 5.97 Å². The Balaban J connectivity index is 2.13. The van der Waals surface area contributed by atoms with Gasteiger partial charge in [-0.25, -0.2) is 17.2 Å². The van der Waals surface area contributed by atoms with Crippen molar-refractivity contribution in [3.8, 4) is 0 Å². The summed E-state index contributed by atoms with van der Waals surface area (Å²) < 4.78 is 32.7. The van der Waals surface area contributed by atoms with Gasteiger partial charge in [-0.05, 0) is 30.3 Å². The number of benzene rings is 3. The first kappa shape index (κ1) is 16.4. The van der Waals surface area contributed by atoms with Crippen LogP contribution in [0.25, 0.3) is 21.8 Å². The number of ether oxygens (including phenoxy) is 1. The van der Waals surface area contributed by atoms with Gasteiger partial charge in [0.25, 0.3) is 10.0 Å². The van der Waals surface area contributed by atoms with Crippen molar-refractivity contribution in [3.05, 3.63) is 78.4 Å². The van der Waals surface area contributed by atoms with Gasteiger partial charge in [-0.1, -0.05) is 42.5 Å². The van der Waals surface area contributed by atoms with Crippen molar-refractivity contribution in [2.75, 3.05) is 7.11 Å². The molecule has 0 atom stereocenters. The number of nitrogens with zero attached hydrogens (tertiary/aromatic N) is 1. The van der Waals surface area contributed by atoms with Crippen molar-refractivity contribution in [2.24, 2.45) is 0 Å². The topological polar surface area (TPSA) is 65.4 Å². The van der Waals surface area contributed by atoms with Gasteiger partial charge < -0.3 is 4.74 Å². The zero-order valence-electron chi connectivity index (χ0n) is 13.9. The van der Waals surface area contributed by atoms with Crippen LogP contribution in [0, 0.1) is 0 Å². The van der Waals surface area contributed by atoms with Crippen LogP contribution in [0.3, 0.4) is 0 Å². The minimum atomic E-state index is -3.83. The lowest BCUT2D eigenvalue weighted by atomic mass is 10.1. The molecule has 0 N–H and O–H groups in total. The molecule has 0 bridgehead atoms. The zero-order chi connectivity index (χ0) is 18.3. The van der Waals surface area contributed by atoms with Crippen molar-refractivity contribution in [1.29, 1.82) is 0 Å². The molecule has 0 saturated heterocycles. The lowest BCUT2D eigenvalue weighted by Crippen LogP contribution is -2.13. The molecule has 1 aromatic heterocycles. The molecule has 0 aliphatic heterocycles. The molecule has 0 aliphatic rings. The molecule has 0 spiro atoms. The molecular weight excluding hydrogens is 350 g/mol. The van der Waals surface area contributed by atoms with Gasteiger partial charge in [-0.15, -0.1) is 0 Å². The molecule has 6 heteroatoms. The minimum Gasteiger partial charge on any atom is -0.465 e. The molecule has 130 valence electrons. The maximum Gasteiger partial charge on any atom is 0.337 e. The van der Waals surface area contributed by atoms with Crippen LogP contribution in [0.2, 0.25) is 0 Å². The third-order valence-corrected chi connectivity index (χ3v) is 6.07. The highest BCUT2D eigenvalue weighted by Gasteiger charge is 2.23. The number of fused-ring (bicyclic) bond motifs is 3. The molecule has 0 saturated carbocycles. The lowest BCUT2D eigenvalue weighted by molar-refractivity contribution is 0.0601. The first-order valence-electron chi connectivity index (χ1n) is 7.96. The van der Waals surface area contributed by atoms with Crippen LogP contribution >= 0.6 is 0 Å². The van der Waals surface area contributed by atoms with E-state index < -0.39 is 16.0 Å². The molecule has 3 aromatic carbocycles. The number of hydrogen-bond donors (Lipinski definition) is 0. The van der Waals surface area contributed by atoms with E-state index in [1.165, 1.54) is 11.1 Å². The summed E-state index contributed by atoms with van der Waals surface area (Å²) in [6.07, 6.45) is 0. The Hall–Kier alpha value is -3.12. The normalized spacial score (nSPS) is 11.7. The van der Waals surface area contributed by atoms with Crippen LogP contribution in [-0.2, 0) is 14.8 Å². The summed E-state index contributed by atoms with van der Waals surface area (Å²) in [5.41, 5.74) is 1.30. The van der Waals surface area contributed by atoms with Gasteiger partial charge in [-0.3, -0.25) is 0 Å². The number of rotatable bonds is 3. The number of carbonyl (C=O) groups is 1. The van der Waals surface area contributed by atoms with Crippen LogP contribution in [0.15, 0.2) is 77.7 Å². The number of aromatic nitrogens is 1. The fraction of sp³-hybridized carbons (Fsp3) is 0.0500. The SMILES string of the molecule is COC(=O)c1ccc2c3ccccc3n(S(=O)(=O)c3ccccc3)c2c1. The molecule has 0 aliphatic carbocycles. The summed E-state index contributed by atoms with van der Waals surface area (Å²) in [4.78, 5) is 12.1. The van der Waals surface area contributed by atoms with Crippen LogP contribution in [0.1, 0.15) is 10.4 Å². The summed E-state index contributed by atoms with van der Waals surface area (Å²) in [7, 11) is -2.54. The quantitative estimate of drug-likeness (QED) is 0.518. The largest absolute Gasteiger partial charge is 0.465 e. The number of methoxy groups -OCH3 is 1. The fourth-order valence-corrected chi connectivity index (χ4v) is 4.68. The Bertz CT molecular complexity index is 1240. The van der Waals surface area contributed by atoms with Gasteiger partial charge in [0.05, 0.1) is 28.6 Å². The van der Waals surface area contributed by atoms with Crippen LogP contribution < -0.4 is 0 Å². The van der Waals surface area contributed by atoms with E-state index in [2.05, 4.69) is 0 Å². The number of carbonyl (C=O) groups excluding carboxylic acids is 1. The molecule has 4 aromatic rings. The van der Waals surface area contributed by atoms with Crippen LogP contribution in [-0.4, -0.2) is 25.5 Å². The van der Waals surface area contributed by atoms with Gasteiger partial charge in [0, 0.05) is 10.8 Å². The minimum absolute atomic E-state index is 0.186. The molecule has 0 amide bonds. The fourth-order valence-electron chi connectivity index (χ4n) is 3.14. The monoisotopic (exact) mass is 365 g/mol. The van der Waals surface area contributed by atoms with Crippen LogP contribution in [0.4, 0.5) is 0 Å². The molecule has 0 fully saturated rings. The second kappa shape index (κ2) is 6.00. The number of esters is 1. The summed E-state index contributed by atoms with van der Waals surface area (Å²) in [5, 5.41) is 1.56. The maximum atomic E-state index is 13.3. The smallest absolute Gasteiger partial charge is 0.337 e. The molecule has 0 unspecified atom stereocenters. The summed E-state index contributed by atoms with van der Waals surface area (Å²) in [5.74, 6) is -0.513. The van der Waals surface area contributed by atoms with Crippen LogP contribution in [0.5, 0.6) is 0 Å². The van der Waals surface area contributed by atoms with E-state index >= 15 is 0 Å². The first-order chi connectivity index (χ1) is 12.5.